The number of fused-ring (bicyclic) bond motifs is 1. The lowest BCUT2D eigenvalue weighted by molar-refractivity contribution is -0.137. The van der Waals surface area contributed by atoms with Crippen molar-refractivity contribution >= 4 is 23.5 Å². The number of carboxylic acids is 1. The summed E-state index contributed by atoms with van der Waals surface area (Å²) in [5, 5.41) is 11.6. The summed E-state index contributed by atoms with van der Waals surface area (Å²) in [6.07, 6.45) is 5.37. The zero-order valence-electron chi connectivity index (χ0n) is 15.0. The molecule has 0 saturated carbocycles. The minimum absolute atomic E-state index is 0.0369. The molecule has 1 unspecified atom stereocenters. The van der Waals surface area contributed by atoms with Crippen LogP contribution in [0, 0.1) is 5.92 Å². The molecule has 1 aromatic carbocycles. The fraction of sp³-hybridized carbons (Fsp3) is 0.550. The highest BCUT2D eigenvalue weighted by Crippen LogP contribution is 2.25. The van der Waals surface area contributed by atoms with Crippen LogP contribution in [0.15, 0.2) is 18.2 Å². The lowest BCUT2D eigenvalue weighted by Crippen LogP contribution is -2.40. The van der Waals surface area contributed by atoms with Gasteiger partial charge >= 0.3 is 5.97 Å². The summed E-state index contributed by atoms with van der Waals surface area (Å²) in [5.41, 5.74) is 3.10. The average Bonchev–Trinajstić information content (AvgIpc) is 2.99. The van der Waals surface area contributed by atoms with Gasteiger partial charge in [-0.2, -0.15) is 0 Å². The molecule has 3 rings (SSSR count). The van der Waals surface area contributed by atoms with Crippen molar-refractivity contribution in [1.82, 2.24) is 4.90 Å². The molecule has 2 amide bonds. The Kier molecular flexibility index (Phi) is 5.91. The van der Waals surface area contributed by atoms with Crippen LogP contribution in [0.5, 0.6) is 0 Å². The molecule has 0 bridgehead atoms. The average molecular weight is 358 g/mol. The fourth-order valence-corrected chi connectivity index (χ4v) is 3.89. The molecule has 0 spiro atoms. The van der Waals surface area contributed by atoms with Crippen molar-refractivity contribution in [3.05, 3.63) is 29.3 Å². The second-order valence-corrected chi connectivity index (χ2v) is 7.35. The second kappa shape index (κ2) is 8.34. The van der Waals surface area contributed by atoms with Crippen molar-refractivity contribution in [3.8, 4) is 0 Å². The predicted octanol–water partition coefficient (Wildman–Crippen LogP) is 2.61. The molecule has 2 aliphatic rings. The number of rotatable bonds is 7. The molecule has 0 aliphatic carbocycles. The van der Waals surface area contributed by atoms with E-state index in [0.717, 1.165) is 49.0 Å². The zero-order chi connectivity index (χ0) is 18.5. The van der Waals surface area contributed by atoms with Gasteiger partial charge in [0.25, 0.3) is 0 Å². The number of likely N-dealkylation sites (tertiary alicyclic amines) is 1. The van der Waals surface area contributed by atoms with Crippen LogP contribution in [0.1, 0.15) is 49.7 Å². The minimum Gasteiger partial charge on any atom is -0.481 e. The lowest BCUT2D eigenvalue weighted by Gasteiger charge is -2.32. The number of carbonyl (C=O) groups is 3. The number of nitrogens with one attached hydrogen (secondary N) is 1. The standard InChI is InChI=1S/C20H26N2O4/c23-18-12-16-11-14(6-8-17(16)21-18)3-1-5-19(24)22-10-2-4-15(13-22)7-9-20(25)26/h6,8,11,15H,1-5,7,9-10,12-13H2,(H,21,23)(H,25,26). The quantitative estimate of drug-likeness (QED) is 0.784. The number of amides is 2. The van der Waals surface area contributed by atoms with E-state index < -0.39 is 5.97 Å². The smallest absolute Gasteiger partial charge is 0.303 e. The van der Waals surface area contributed by atoms with Crippen molar-refractivity contribution in [1.29, 1.82) is 0 Å². The first-order chi connectivity index (χ1) is 12.5. The van der Waals surface area contributed by atoms with E-state index in [9.17, 15) is 14.4 Å². The molecule has 1 fully saturated rings. The SMILES string of the molecule is O=C(O)CCC1CCCN(C(=O)CCCc2ccc3c(c2)CC(=O)N3)C1. The van der Waals surface area contributed by atoms with Gasteiger partial charge in [-0.15, -0.1) is 0 Å². The van der Waals surface area contributed by atoms with Crippen LogP contribution in [0.2, 0.25) is 0 Å². The number of nitrogens with zero attached hydrogens (tertiary/aromatic N) is 1. The van der Waals surface area contributed by atoms with E-state index in [2.05, 4.69) is 11.4 Å². The van der Waals surface area contributed by atoms with Crippen LogP contribution >= 0.6 is 0 Å². The third kappa shape index (κ3) is 4.84. The van der Waals surface area contributed by atoms with Gasteiger partial charge in [-0.05, 0) is 55.2 Å². The molecule has 6 nitrogen and oxygen atoms in total. The highest BCUT2D eigenvalue weighted by atomic mass is 16.4. The lowest BCUT2D eigenvalue weighted by atomic mass is 9.93. The Hall–Kier alpha value is -2.37. The van der Waals surface area contributed by atoms with Gasteiger partial charge in [-0.1, -0.05) is 12.1 Å². The van der Waals surface area contributed by atoms with Crippen molar-refractivity contribution in [2.24, 2.45) is 5.92 Å². The highest BCUT2D eigenvalue weighted by Gasteiger charge is 2.24. The first kappa shape index (κ1) is 18.4. The topological polar surface area (TPSA) is 86.7 Å². The normalized spacial score (nSPS) is 19.2. The molecular weight excluding hydrogens is 332 g/mol. The number of carbonyl (C=O) groups excluding carboxylic acids is 2. The van der Waals surface area contributed by atoms with Crippen LogP contribution in [0.3, 0.4) is 0 Å². The zero-order valence-corrected chi connectivity index (χ0v) is 15.0. The summed E-state index contributed by atoms with van der Waals surface area (Å²) in [6, 6.07) is 6.01. The molecular formula is C20H26N2O4. The second-order valence-electron chi connectivity index (χ2n) is 7.35. The monoisotopic (exact) mass is 358 g/mol. The summed E-state index contributed by atoms with van der Waals surface area (Å²) >= 11 is 0. The maximum absolute atomic E-state index is 12.5. The number of aliphatic carboxylic acids is 1. The molecule has 140 valence electrons. The van der Waals surface area contributed by atoms with Gasteiger partial charge in [0.15, 0.2) is 0 Å². The van der Waals surface area contributed by atoms with Crippen molar-refractivity contribution in [2.75, 3.05) is 18.4 Å². The fourth-order valence-electron chi connectivity index (χ4n) is 3.89. The Labute approximate surface area is 153 Å². The van der Waals surface area contributed by atoms with Gasteiger partial charge in [0.2, 0.25) is 11.8 Å². The predicted molar refractivity (Wildman–Crippen MR) is 97.9 cm³/mol. The molecule has 26 heavy (non-hydrogen) atoms. The Morgan fingerprint density at radius 2 is 2.12 bits per heavy atom. The van der Waals surface area contributed by atoms with E-state index in [-0.39, 0.29) is 18.2 Å². The number of anilines is 1. The van der Waals surface area contributed by atoms with Gasteiger partial charge < -0.3 is 15.3 Å². The van der Waals surface area contributed by atoms with Gasteiger partial charge in [-0.3, -0.25) is 14.4 Å². The molecule has 0 aromatic heterocycles. The molecule has 1 saturated heterocycles. The molecule has 2 heterocycles. The van der Waals surface area contributed by atoms with Crippen molar-refractivity contribution in [2.45, 2.75) is 51.4 Å². The van der Waals surface area contributed by atoms with Crippen LogP contribution in [0.4, 0.5) is 5.69 Å². The number of benzene rings is 1. The summed E-state index contributed by atoms with van der Waals surface area (Å²) < 4.78 is 0. The van der Waals surface area contributed by atoms with Gasteiger partial charge in [0, 0.05) is 31.6 Å². The third-order valence-corrected chi connectivity index (χ3v) is 5.29. The number of hydrogen-bond acceptors (Lipinski definition) is 3. The van der Waals surface area contributed by atoms with Gasteiger partial charge in [-0.25, -0.2) is 0 Å². The first-order valence-corrected chi connectivity index (χ1v) is 9.42. The molecule has 2 N–H and O–H groups in total. The molecule has 1 atom stereocenters. The van der Waals surface area contributed by atoms with Crippen LogP contribution in [-0.2, 0) is 27.2 Å². The Balaban J connectivity index is 1.43. The Bertz CT molecular complexity index is 701. The number of piperidine rings is 1. The summed E-state index contributed by atoms with van der Waals surface area (Å²) in [4.78, 5) is 36.5. The highest BCUT2D eigenvalue weighted by molar-refractivity contribution is 5.99. The third-order valence-electron chi connectivity index (χ3n) is 5.29. The van der Waals surface area contributed by atoms with E-state index in [4.69, 9.17) is 5.11 Å². The van der Waals surface area contributed by atoms with Crippen LogP contribution in [-0.4, -0.2) is 40.9 Å². The van der Waals surface area contributed by atoms with E-state index in [0.29, 0.717) is 31.7 Å². The largest absolute Gasteiger partial charge is 0.481 e. The number of carboxylic acid groups (broad SMARTS) is 1. The summed E-state index contributed by atoms with van der Waals surface area (Å²) in [5.74, 6) is -0.247. The van der Waals surface area contributed by atoms with Crippen LogP contribution in [0.25, 0.3) is 0 Å². The molecule has 2 aliphatic heterocycles. The number of aryl methyl sites for hydroxylation is 1. The van der Waals surface area contributed by atoms with Gasteiger partial charge in [0.1, 0.15) is 0 Å². The van der Waals surface area contributed by atoms with Crippen molar-refractivity contribution in [3.63, 3.8) is 0 Å². The van der Waals surface area contributed by atoms with E-state index in [1.165, 1.54) is 0 Å². The molecule has 1 aromatic rings. The maximum atomic E-state index is 12.5. The Morgan fingerprint density at radius 1 is 1.27 bits per heavy atom. The first-order valence-electron chi connectivity index (χ1n) is 9.42. The molecule has 0 radical (unpaired) electrons. The summed E-state index contributed by atoms with van der Waals surface area (Å²) in [6.45, 7) is 1.48. The maximum Gasteiger partial charge on any atom is 0.303 e. The van der Waals surface area contributed by atoms with Crippen molar-refractivity contribution < 1.29 is 19.5 Å². The molecule has 6 heteroatoms. The van der Waals surface area contributed by atoms with E-state index in [1.807, 2.05) is 17.0 Å². The summed E-state index contributed by atoms with van der Waals surface area (Å²) in [7, 11) is 0. The van der Waals surface area contributed by atoms with Crippen LogP contribution < -0.4 is 5.32 Å². The van der Waals surface area contributed by atoms with E-state index >= 15 is 0 Å². The number of hydrogen-bond donors (Lipinski definition) is 2. The Morgan fingerprint density at radius 3 is 2.92 bits per heavy atom. The van der Waals surface area contributed by atoms with E-state index in [1.54, 1.807) is 0 Å². The minimum atomic E-state index is -0.764. The van der Waals surface area contributed by atoms with Gasteiger partial charge in [0.05, 0.1) is 6.42 Å².